The molecule has 0 fully saturated rings. The summed E-state index contributed by atoms with van der Waals surface area (Å²) >= 11 is 0. The van der Waals surface area contributed by atoms with Crippen molar-refractivity contribution in [2.75, 3.05) is 26.1 Å². The minimum atomic E-state index is -0.593. The van der Waals surface area contributed by atoms with Gasteiger partial charge in [0.15, 0.2) is 12.4 Å². The number of aryl methyl sites for hydroxylation is 2. The summed E-state index contributed by atoms with van der Waals surface area (Å²) in [7, 11) is 3.02. The van der Waals surface area contributed by atoms with Crippen LogP contribution in [-0.2, 0) is 27.2 Å². The zero-order chi connectivity index (χ0) is 22.2. The van der Waals surface area contributed by atoms with Crippen molar-refractivity contribution in [2.45, 2.75) is 38.5 Å². The van der Waals surface area contributed by atoms with Gasteiger partial charge in [0, 0.05) is 35.9 Å². The number of benzene rings is 2. The number of ketones is 1. The summed E-state index contributed by atoms with van der Waals surface area (Å²) in [5.41, 5.74) is 3.62. The Bertz CT molecular complexity index is 946. The van der Waals surface area contributed by atoms with Gasteiger partial charge in [0.05, 0.1) is 20.6 Å². The molecule has 0 saturated heterocycles. The molecule has 31 heavy (non-hydrogen) atoms. The van der Waals surface area contributed by atoms with E-state index in [-0.39, 0.29) is 18.6 Å². The number of esters is 1. The molecule has 1 aliphatic rings. The van der Waals surface area contributed by atoms with Gasteiger partial charge in [-0.1, -0.05) is 12.1 Å². The highest BCUT2D eigenvalue weighted by molar-refractivity contribution is 5.98. The van der Waals surface area contributed by atoms with Gasteiger partial charge < -0.3 is 19.5 Å². The predicted molar refractivity (Wildman–Crippen MR) is 116 cm³/mol. The third-order valence-corrected chi connectivity index (χ3v) is 5.23. The second-order valence-electron chi connectivity index (χ2n) is 7.42. The molecule has 7 heteroatoms. The van der Waals surface area contributed by atoms with E-state index >= 15 is 0 Å². The van der Waals surface area contributed by atoms with Crippen molar-refractivity contribution < 1.29 is 28.6 Å². The van der Waals surface area contributed by atoms with E-state index in [9.17, 15) is 14.4 Å². The molecule has 2 aromatic carbocycles. The lowest BCUT2D eigenvalue weighted by molar-refractivity contribution is -0.147. The lowest BCUT2D eigenvalue weighted by atomic mass is 9.89. The summed E-state index contributed by atoms with van der Waals surface area (Å²) in [4.78, 5) is 36.5. The zero-order valence-electron chi connectivity index (χ0n) is 17.9. The average molecular weight is 425 g/mol. The summed E-state index contributed by atoms with van der Waals surface area (Å²) in [6.07, 6.45) is 4.35. The Morgan fingerprint density at radius 2 is 1.55 bits per heavy atom. The highest BCUT2D eigenvalue weighted by Crippen LogP contribution is 2.26. The quantitative estimate of drug-likeness (QED) is 0.486. The Balaban J connectivity index is 1.45. The van der Waals surface area contributed by atoms with E-state index in [0.29, 0.717) is 22.7 Å². The second-order valence-corrected chi connectivity index (χ2v) is 7.42. The van der Waals surface area contributed by atoms with Crippen molar-refractivity contribution in [1.82, 2.24) is 0 Å². The fourth-order valence-corrected chi connectivity index (χ4v) is 3.56. The molecule has 0 unspecified atom stereocenters. The first kappa shape index (κ1) is 22.3. The lowest BCUT2D eigenvalue weighted by Crippen LogP contribution is -2.21. The standard InChI is InChI=1S/C24H27NO6/c1-29-20-12-19(13-21(14-20)30-2)25-23(27)15-31-24(28)10-9-22(26)18-8-7-16-5-3-4-6-17(16)11-18/h7-8,11-14H,3-6,9-10,15H2,1-2H3,(H,25,27). The Kier molecular flexibility index (Phi) is 7.65. The van der Waals surface area contributed by atoms with E-state index in [1.807, 2.05) is 18.2 Å². The van der Waals surface area contributed by atoms with Gasteiger partial charge in [0.2, 0.25) is 0 Å². The summed E-state index contributed by atoms with van der Waals surface area (Å²) in [5, 5.41) is 2.62. The van der Waals surface area contributed by atoms with E-state index < -0.39 is 18.5 Å². The molecule has 3 rings (SSSR count). The van der Waals surface area contributed by atoms with Gasteiger partial charge in [-0.3, -0.25) is 14.4 Å². The molecule has 0 aliphatic heterocycles. The van der Waals surface area contributed by atoms with Crippen molar-refractivity contribution in [2.24, 2.45) is 0 Å². The molecule has 0 heterocycles. The minimum absolute atomic E-state index is 0.0479. The molecule has 1 amide bonds. The van der Waals surface area contributed by atoms with Gasteiger partial charge in [0.1, 0.15) is 11.5 Å². The molecule has 0 radical (unpaired) electrons. The van der Waals surface area contributed by atoms with Crippen molar-refractivity contribution in [1.29, 1.82) is 0 Å². The third-order valence-electron chi connectivity index (χ3n) is 5.23. The van der Waals surface area contributed by atoms with Gasteiger partial charge in [-0.2, -0.15) is 0 Å². The number of anilines is 1. The van der Waals surface area contributed by atoms with Crippen LogP contribution in [0.5, 0.6) is 11.5 Å². The number of hydrogen-bond donors (Lipinski definition) is 1. The number of carbonyl (C=O) groups excluding carboxylic acids is 3. The highest BCUT2D eigenvalue weighted by atomic mass is 16.5. The van der Waals surface area contributed by atoms with Crippen LogP contribution in [0.15, 0.2) is 36.4 Å². The number of hydrogen-bond acceptors (Lipinski definition) is 6. The number of rotatable bonds is 9. The average Bonchev–Trinajstić information content (AvgIpc) is 2.80. The molecule has 0 bridgehead atoms. The van der Waals surface area contributed by atoms with Crippen molar-refractivity contribution >= 4 is 23.3 Å². The highest BCUT2D eigenvalue weighted by Gasteiger charge is 2.15. The molecule has 0 aromatic heterocycles. The van der Waals surface area contributed by atoms with Crippen molar-refractivity contribution in [3.8, 4) is 11.5 Å². The third kappa shape index (κ3) is 6.31. The topological polar surface area (TPSA) is 90.9 Å². The van der Waals surface area contributed by atoms with Gasteiger partial charge in [-0.15, -0.1) is 0 Å². The lowest BCUT2D eigenvalue weighted by Gasteiger charge is -2.16. The Labute approximate surface area is 181 Å². The SMILES string of the molecule is COc1cc(NC(=O)COC(=O)CCC(=O)c2ccc3c(c2)CCCC3)cc(OC)c1. The minimum Gasteiger partial charge on any atom is -0.497 e. The molecular weight excluding hydrogens is 398 g/mol. The molecule has 1 aliphatic carbocycles. The summed E-state index contributed by atoms with van der Waals surface area (Å²) in [6, 6.07) is 10.7. The van der Waals surface area contributed by atoms with Crippen LogP contribution in [-0.4, -0.2) is 38.5 Å². The molecule has 7 nitrogen and oxygen atoms in total. The Hall–Kier alpha value is -3.35. The monoisotopic (exact) mass is 425 g/mol. The second kappa shape index (κ2) is 10.6. The molecule has 0 saturated carbocycles. The number of methoxy groups -OCH3 is 2. The van der Waals surface area contributed by atoms with Crippen LogP contribution in [0.4, 0.5) is 5.69 Å². The molecule has 0 spiro atoms. The molecule has 1 N–H and O–H groups in total. The predicted octanol–water partition coefficient (Wildman–Crippen LogP) is 3.73. The van der Waals surface area contributed by atoms with E-state index in [1.165, 1.54) is 31.8 Å². The Morgan fingerprint density at radius 1 is 0.871 bits per heavy atom. The first-order valence-electron chi connectivity index (χ1n) is 10.3. The van der Waals surface area contributed by atoms with E-state index in [2.05, 4.69) is 5.32 Å². The first-order valence-corrected chi connectivity index (χ1v) is 10.3. The smallest absolute Gasteiger partial charge is 0.306 e. The van der Waals surface area contributed by atoms with E-state index in [0.717, 1.165) is 19.3 Å². The van der Waals surface area contributed by atoms with Crippen LogP contribution in [0.2, 0.25) is 0 Å². The van der Waals surface area contributed by atoms with Crippen LogP contribution >= 0.6 is 0 Å². The fourth-order valence-electron chi connectivity index (χ4n) is 3.56. The Morgan fingerprint density at radius 3 is 2.23 bits per heavy atom. The number of carbonyl (C=O) groups is 3. The number of ether oxygens (including phenoxy) is 3. The summed E-state index contributed by atoms with van der Waals surface area (Å²) in [6.45, 7) is -0.439. The summed E-state index contributed by atoms with van der Waals surface area (Å²) < 4.78 is 15.3. The molecule has 2 aromatic rings. The van der Waals surface area contributed by atoms with E-state index in [1.54, 1.807) is 18.2 Å². The number of fused-ring (bicyclic) bond motifs is 1. The van der Waals surface area contributed by atoms with Gasteiger partial charge >= 0.3 is 5.97 Å². The summed E-state index contributed by atoms with van der Waals surface area (Å²) in [5.74, 6) is -0.146. The van der Waals surface area contributed by atoms with Crippen LogP contribution in [0.3, 0.4) is 0 Å². The largest absolute Gasteiger partial charge is 0.497 e. The van der Waals surface area contributed by atoms with Crippen molar-refractivity contribution in [3.63, 3.8) is 0 Å². The zero-order valence-corrected chi connectivity index (χ0v) is 17.9. The van der Waals surface area contributed by atoms with Gasteiger partial charge in [-0.25, -0.2) is 0 Å². The maximum atomic E-state index is 12.4. The van der Waals surface area contributed by atoms with Crippen LogP contribution in [0.25, 0.3) is 0 Å². The number of Topliss-reactive ketones (excluding diaryl/α,β-unsaturated/α-hetero) is 1. The van der Waals surface area contributed by atoms with E-state index in [4.69, 9.17) is 14.2 Å². The fraction of sp³-hybridized carbons (Fsp3) is 0.375. The number of nitrogens with one attached hydrogen (secondary N) is 1. The van der Waals surface area contributed by atoms with Crippen LogP contribution < -0.4 is 14.8 Å². The molecular formula is C24H27NO6. The molecule has 164 valence electrons. The van der Waals surface area contributed by atoms with Gasteiger partial charge in [-0.05, 0) is 42.9 Å². The first-order chi connectivity index (χ1) is 15.0. The maximum absolute atomic E-state index is 12.4. The number of amides is 1. The maximum Gasteiger partial charge on any atom is 0.306 e. The van der Waals surface area contributed by atoms with Crippen LogP contribution in [0, 0.1) is 0 Å². The van der Waals surface area contributed by atoms with Gasteiger partial charge in [0.25, 0.3) is 5.91 Å². The normalized spacial score (nSPS) is 12.5. The van der Waals surface area contributed by atoms with Crippen LogP contribution in [0.1, 0.15) is 47.2 Å². The van der Waals surface area contributed by atoms with Crippen molar-refractivity contribution in [3.05, 3.63) is 53.1 Å². The molecule has 0 atom stereocenters.